The molecule has 21 heavy (non-hydrogen) atoms. The van der Waals surface area contributed by atoms with Gasteiger partial charge in [-0.05, 0) is 12.8 Å². The van der Waals surface area contributed by atoms with Crippen molar-refractivity contribution in [1.82, 2.24) is 19.6 Å². The van der Waals surface area contributed by atoms with E-state index in [4.69, 9.17) is 4.74 Å². The lowest BCUT2D eigenvalue weighted by Gasteiger charge is -2.16. The molecule has 1 unspecified atom stereocenters. The second kappa shape index (κ2) is 9.00. The van der Waals surface area contributed by atoms with E-state index in [0.29, 0.717) is 0 Å². The van der Waals surface area contributed by atoms with Crippen molar-refractivity contribution in [3.05, 3.63) is 18.7 Å². The Kier molecular flexibility index (Phi) is 6.95. The number of unbranched alkanes of at least 4 members (excludes halogenated alkanes) is 3. The number of nitrogens with zero attached hydrogens (tertiary/aromatic N) is 4. The van der Waals surface area contributed by atoms with Gasteiger partial charge in [-0.3, -0.25) is 4.40 Å². The Labute approximate surface area is 130 Å². The fourth-order valence-electron chi connectivity index (χ4n) is 2.07. The van der Waals surface area contributed by atoms with Crippen molar-refractivity contribution in [1.29, 1.82) is 0 Å². The molecular weight excluding hydrogens is 284 g/mol. The third kappa shape index (κ3) is 4.97. The van der Waals surface area contributed by atoms with Crippen LogP contribution < -0.4 is 0 Å². The van der Waals surface area contributed by atoms with Crippen molar-refractivity contribution in [2.75, 3.05) is 6.61 Å². The average Bonchev–Trinajstić information content (AvgIpc) is 2.98. The molecule has 2 aromatic rings. The van der Waals surface area contributed by atoms with Crippen LogP contribution in [0.3, 0.4) is 0 Å². The second-order valence-corrected chi connectivity index (χ2v) is 6.21. The van der Waals surface area contributed by atoms with Gasteiger partial charge in [-0.1, -0.05) is 51.3 Å². The van der Waals surface area contributed by atoms with E-state index in [2.05, 4.69) is 29.0 Å². The van der Waals surface area contributed by atoms with Crippen LogP contribution in [0.1, 0.15) is 52.4 Å². The Morgan fingerprint density at radius 2 is 2.10 bits per heavy atom. The number of hydrogen-bond acceptors (Lipinski definition) is 5. The van der Waals surface area contributed by atoms with E-state index in [0.717, 1.165) is 36.5 Å². The summed E-state index contributed by atoms with van der Waals surface area (Å²) in [6.07, 6.45) is 12.3. The van der Waals surface area contributed by atoms with E-state index >= 15 is 0 Å². The number of thioether (sulfide) groups is 1. The van der Waals surface area contributed by atoms with Gasteiger partial charge in [0.25, 0.3) is 0 Å². The predicted molar refractivity (Wildman–Crippen MR) is 85.4 cm³/mol. The molecule has 2 aromatic heterocycles. The van der Waals surface area contributed by atoms with Gasteiger partial charge in [0.1, 0.15) is 11.8 Å². The monoisotopic (exact) mass is 308 g/mol. The Morgan fingerprint density at radius 3 is 2.90 bits per heavy atom. The first-order valence-corrected chi connectivity index (χ1v) is 8.65. The van der Waals surface area contributed by atoms with Crippen LogP contribution in [0, 0.1) is 0 Å². The SMILES string of the molecule is CCCCCOC(CCCC)Sc1nncn2ccnc12. The molecule has 0 aromatic carbocycles. The normalized spacial score (nSPS) is 12.9. The first-order valence-electron chi connectivity index (χ1n) is 7.77. The molecule has 0 aliphatic heterocycles. The van der Waals surface area contributed by atoms with Gasteiger partial charge in [-0.2, -0.15) is 0 Å². The van der Waals surface area contributed by atoms with E-state index in [1.54, 1.807) is 24.3 Å². The quantitative estimate of drug-likeness (QED) is 0.378. The molecule has 0 spiro atoms. The maximum atomic E-state index is 6.03. The van der Waals surface area contributed by atoms with Crippen LogP contribution in [0.5, 0.6) is 0 Å². The lowest BCUT2D eigenvalue weighted by atomic mass is 10.2. The highest BCUT2D eigenvalue weighted by Gasteiger charge is 2.15. The van der Waals surface area contributed by atoms with E-state index in [9.17, 15) is 0 Å². The molecule has 0 aliphatic rings. The first kappa shape index (κ1) is 16.2. The van der Waals surface area contributed by atoms with Crippen LogP contribution in [0.25, 0.3) is 5.65 Å². The minimum Gasteiger partial charge on any atom is -0.367 e. The lowest BCUT2D eigenvalue weighted by Crippen LogP contribution is -2.11. The number of rotatable bonds is 10. The summed E-state index contributed by atoms with van der Waals surface area (Å²) in [7, 11) is 0. The number of aromatic nitrogens is 4. The van der Waals surface area contributed by atoms with Crippen molar-refractivity contribution >= 4 is 17.4 Å². The van der Waals surface area contributed by atoms with E-state index in [1.807, 2.05) is 10.6 Å². The smallest absolute Gasteiger partial charge is 0.172 e. The molecule has 0 aliphatic carbocycles. The van der Waals surface area contributed by atoms with Crippen LogP contribution >= 0.6 is 11.8 Å². The van der Waals surface area contributed by atoms with Crippen LogP contribution in [0.2, 0.25) is 0 Å². The van der Waals surface area contributed by atoms with Crippen LogP contribution in [-0.2, 0) is 4.74 Å². The van der Waals surface area contributed by atoms with Crippen molar-refractivity contribution in [2.24, 2.45) is 0 Å². The number of ether oxygens (including phenoxy) is 1. The molecule has 0 radical (unpaired) electrons. The van der Waals surface area contributed by atoms with Crippen molar-refractivity contribution in [3.63, 3.8) is 0 Å². The minimum absolute atomic E-state index is 0.138. The number of imidazole rings is 1. The Morgan fingerprint density at radius 1 is 1.24 bits per heavy atom. The van der Waals surface area contributed by atoms with E-state index in [1.165, 1.54) is 19.3 Å². The molecule has 0 saturated carbocycles. The largest absolute Gasteiger partial charge is 0.367 e. The zero-order valence-corrected chi connectivity index (χ0v) is 13.7. The van der Waals surface area contributed by atoms with Crippen molar-refractivity contribution in [2.45, 2.75) is 62.8 Å². The summed E-state index contributed by atoms with van der Waals surface area (Å²) in [5, 5.41) is 9.09. The van der Waals surface area contributed by atoms with Gasteiger partial charge in [0.05, 0.1) is 0 Å². The highest BCUT2D eigenvalue weighted by atomic mass is 32.2. The van der Waals surface area contributed by atoms with Gasteiger partial charge in [-0.25, -0.2) is 4.98 Å². The van der Waals surface area contributed by atoms with Gasteiger partial charge in [-0.15, -0.1) is 10.2 Å². The summed E-state index contributed by atoms with van der Waals surface area (Å²) < 4.78 is 7.93. The molecule has 1 atom stereocenters. The highest BCUT2D eigenvalue weighted by Crippen LogP contribution is 2.28. The molecule has 0 amide bonds. The Bertz CT molecular complexity index is 531. The van der Waals surface area contributed by atoms with Crippen LogP contribution in [-0.4, -0.2) is 31.6 Å². The molecule has 0 N–H and O–H groups in total. The summed E-state index contributed by atoms with van der Waals surface area (Å²) in [5.74, 6) is 0. The van der Waals surface area contributed by atoms with Gasteiger partial charge < -0.3 is 4.74 Å². The molecule has 0 bridgehead atoms. The third-order valence-electron chi connectivity index (χ3n) is 3.27. The maximum absolute atomic E-state index is 6.03. The lowest BCUT2D eigenvalue weighted by molar-refractivity contribution is 0.102. The summed E-state index contributed by atoms with van der Waals surface area (Å²) >= 11 is 1.64. The molecule has 2 heterocycles. The maximum Gasteiger partial charge on any atom is 0.172 e. The topological polar surface area (TPSA) is 52.3 Å². The fraction of sp³-hybridized carbons (Fsp3) is 0.667. The highest BCUT2D eigenvalue weighted by molar-refractivity contribution is 7.99. The first-order chi connectivity index (χ1) is 10.3. The molecule has 6 heteroatoms. The van der Waals surface area contributed by atoms with Gasteiger partial charge >= 0.3 is 0 Å². The summed E-state index contributed by atoms with van der Waals surface area (Å²) in [4.78, 5) is 4.35. The molecular formula is C15H24N4OS. The molecule has 0 saturated heterocycles. The minimum atomic E-state index is 0.138. The van der Waals surface area contributed by atoms with Crippen molar-refractivity contribution < 1.29 is 4.74 Å². The molecule has 5 nitrogen and oxygen atoms in total. The van der Waals surface area contributed by atoms with Crippen LogP contribution in [0.4, 0.5) is 0 Å². The zero-order valence-electron chi connectivity index (χ0n) is 12.9. The number of fused-ring (bicyclic) bond motifs is 1. The summed E-state index contributed by atoms with van der Waals surface area (Å²) in [6, 6.07) is 0. The molecule has 0 fully saturated rings. The Balaban J connectivity index is 1.97. The van der Waals surface area contributed by atoms with E-state index < -0.39 is 0 Å². The molecule has 2 rings (SSSR count). The van der Waals surface area contributed by atoms with Gasteiger partial charge in [0.15, 0.2) is 10.7 Å². The number of hydrogen-bond donors (Lipinski definition) is 0. The third-order valence-corrected chi connectivity index (χ3v) is 4.39. The van der Waals surface area contributed by atoms with Gasteiger partial charge in [0, 0.05) is 19.0 Å². The standard InChI is InChI=1S/C15H24N4OS/c1-3-5-7-11-20-13(8-6-4-2)21-15-14-16-9-10-19(14)12-17-18-15/h9-10,12-13H,3-8,11H2,1-2H3. The Hall–Kier alpha value is -1.14. The average molecular weight is 308 g/mol. The fourth-order valence-corrected chi connectivity index (χ4v) is 3.12. The van der Waals surface area contributed by atoms with Crippen molar-refractivity contribution in [3.8, 4) is 0 Å². The zero-order chi connectivity index (χ0) is 14.9. The predicted octanol–water partition coefficient (Wildman–Crippen LogP) is 3.94. The second-order valence-electron chi connectivity index (χ2n) is 5.06. The summed E-state index contributed by atoms with van der Waals surface area (Å²) in [6.45, 7) is 5.23. The molecule has 116 valence electrons. The van der Waals surface area contributed by atoms with Gasteiger partial charge in [0.2, 0.25) is 0 Å². The van der Waals surface area contributed by atoms with E-state index in [-0.39, 0.29) is 5.44 Å². The van der Waals surface area contributed by atoms with Crippen LogP contribution in [0.15, 0.2) is 23.7 Å². The summed E-state index contributed by atoms with van der Waals surface area (Å²) in [5.41, 5.74) is 0.993.